The Hall–Kier alpha value is -5.16. The van der Waals surface area contributed by atoms with Gasteiger partial charge in [0.2, 0.25) is 0 Å². The van der Waals surface area contributed by atoms with Gasteiger partial charge in [0.1, 0.15) is 17.3 Å². The number of ether oxygens (including phenoxy) is 2. The van der Waals surface area contributed by atoms with Crippen molar-refractivity contribution in [1.82, 2.24) is 14.8 Å². The fourth-order valence-corrected chi connectivity index (χ4v) is 5.23. The molecule has 0 fully saturated rings. The summed E-state index contributed by atoms with van der Waals surface area (Å²) in [7, 11) is -0.671. The lowest BCUT2D eigenvalue weighted by molar-refractivity contribution is 0.414. The van der Waals surface area contributed by atoms with Crippen molar-refractivity contribution in [3.63, 3.8) is 0 Å². The van der Waals surface area contributed by atoms with Crippen LogP contribution in [0, 0.1) is 0 Å². The molecule has 0 bridgehead atoms. The van der Waals surface area contributed by atoms with E-state index in [0.717, 1.165) is 5.56 Å². The summed E-state index contributed by atoms with van der Waals surface area (Å²) in [5.41, 5.74) is 2.98. The summed E-state index contributed by atoms with van der Waals surface area (Å²) in [5, 5.41) is 3.22. The van der Waals surface area contributed by atoms with E-state index in [9.17, 15) is 13.2 Å². The molecule has 41 heavy (non-hydrogen) atoms. The number of benzene rings is 3. The number of nitrogens with zero attached hydrogens (tertiary/aromatic N) is 3. The summed E-state index contributed by atoms with van der Waals surface area (Å²) >= 11 is 0. The third-order valence-corrected chi connectivity index (χ3v) is 7.68. The molecule has 0 atom stereocenters. The smallest absolute Gasteiger partial charge is 0.280 e. The number of rotatable bonds is 9. The number of hydrogen-bond donors (Lipinski definition) is 2. The van der Waals surface area contributed by atoms with Crippen LogP contribution in [0.3, 0.4) is 0 Å². The number of sulfonamides is 1. The van der Waals surface area contributed by atoms with Crippen molar-refractivity contribution >= 4 is 27.2 Å². The first-order chi connectivity index (χ1) is 19.8. The number of aromatic amines is 1. The second-order valence-corrected chi connectivity index (χ2v) is 10.6. The van der Waals surface area contributed by atoms with Crippen LogP contribution in [-0.4, -0.2) is 43.1 Å². The first-order valence-electron chi connectivity index (χ1n) is 12.5. The van der Waals surface area contributed by atoms with Crippen molar-refractivity contribution in [1.29, 1.82) is 0 Å². The summed E-state index contributed by atoms with van der Waals surface area (Å²) in [4.78, 5) is 22.5. The predicted molar refractivity (Wildman–Crippen MR) is 158 cm³/mol. The van der Waals surface area contributed by atoms with Crippen molar-refractivity contribution in [2.75, 3.05) is 18.9 Å². The van der Waals surface area contributed by atoms with E-state index >= 15 is 0 Å². The SMILES string of the molecule is COc1ccc(-c2[nH]n(-c3ccc(OC)cc3)c(=O)c2C(C)=Nc2ccc(S(=O)(=O)Nc3ccccn3)cc2)cc1. The van der Waals surface area contributed by atoms with Gasteiger partial charge >= 0.3 is 0 Å². The van der Waals surface area contributed by atoms with Gasteiger partial charge in [0.05, 0.1) is 47.5 Å². The summed E-state index contributed by atoms with van der Waals surface area (Å²) in [5.74, 6) is 1.57. The van der Waals surface area contributed by atoms with E-state index in [1.807, 2.05) is 24.3 Å². The molecule has 0 saturated heterocycles. The molecular weight excluding hydrogens is 542 g/mol. The molecule has 2 heterocycles. The van der Waals surface area contributed by atoms with Gasteiger partial charge in [0.15, 0.2) is 0 Å². The third-order valence-electron chi connectivity index (χ3n) is 6.31. The quantitative estimate of drug-likeness (QED) is 0.235. The van der Waals surface area contributed by atoms with Crippen molar-refractivity contribution in [2.45, 2.75) is 11.8 Å². The second-order valence-electron chi connectivity index (χ2n) is 8.94. The summed E-state index contributed by atoms with van der Waals surface area (Å²) in [6.45, 7) is 1.74. The molecule has 0 aliphatic rings. The van der Waals surface area contributed by atoms with E-state index in [1.165, 1.54) is 23.0 Å². The molecule has 5 aromatic rings. The van der Waals surface area contributed by atoms with Gasteiger partial charge in [-0.1, -0.05) is 6.07 Å². The topological polar surface area (TPSA) is 128 Å². The van der Waals surface area contributed by atoms with E-state index in [2.05, 4.69) is 19.8 Å². The molecule has 0 saturated carbocycles. The average molecular weight is 570 g/mol. The van der Waals surface area contributed by atoms with Gasteiger partial charge in [-0.2, -0.15) is 0 Å². The normalized spacial score (nSPS) is 11.7. The standard InChI is InChI=1S/C30H27N5O5S/c1-20(32-22-9-17-26(18-10-22)41(37,38)34-27-6-4-5-19-31-27)28-29(21-7-13-24(39-2)14-8-21)33-35(30(28)36)23-11-15-25(40-3)16-12-23/h4-19,33H,1-3H3,(H,31,34). The number of nitrogens with one attached hydrogen (secondary N) is 2. The molecule has 0 amide bonds. The molecule has 3 aromatic carbocycles. The monoisotopic (exact) mass is 569 g/mol. The lowest BCUT2D eigenvalue weighted by Crippen LogP contribution is -2.19. The number of aromatic nitrogens is 3. The Morgan fingerprint density at radius 2 is 1.51 bits per heavy atom. The minimum atomic E-state index is -3.84. The number of pyridine rings is 1. The van der Waals surface area contributed by atoms with Gasteiger partial charge in [0.25, 0.3) is 15.6 Å². The second kappa shape index (κ2) is 11.5. The van der Waals surface area contributed by atoms with Crippen LogP contribution in [0.5, 0.6) is 11.5 Å². The zero-order valence-corrected chi connectivity index (χ0v) is 23.3. The molecule has 0 radical (unpaired) electrons. The average Bonchev–Trinajstić information content (AvgIpc) is 3.34. The lowest BCUT2D eigenvalue weighted by Gasteiger charge is -2.07. The molecule has 5 rings (SSSR count). The fraction of sp³-hybridized carbons (Fsp3) is 0.100. The largest absolute Gasteiger partial charge is 0.497 e. The highest BCUT2D eigenvalue weighted by molar-refractivity contribution is 7.92. The molecule has 2 N–H and O–H groups in total. The van der Waals surface area contributed by atoms with Crippen LogP contribution in [-0.2, 0) is 10.0 Å². The summed E-state index contributed by atoms with van der Waals surface area (Å²) in [6, 6.07) is 25.5. The maximum Gasteiger partial charge on any atom is 0.280 e. The van der Waals surface area contributed by atoms with Gasteiger partial charge in [0, 0.05) is 11.8 Å². The molecule has 0 spiro atoms. The summed E-state index contributed by atoms with van der Waals surface area (Å²) in [6.07, 6.45) is 1.50. The Balaban J connectivity index is 1.52. The molecule has 0 aliphatic heterocycles. The van der Waals surface area contributed by atoms with Gasteiger partial charge in [-0.25, -0.2) is 18.1 Å². The van der Waals surface area contributed by atoms with Crippen molar-refractivity contribution < 1.29 is 17.9 Å². The number of hydrogen-bond acceptors (Lipinski definition) is 7. The Kier molecular flexibility index (Phi) is 7.70. The van der Waals surface area contributed by atoms with E-state index < -0.39 is 10.0 Å². The third kappa shape index (κ3) is 5.89. The highest BCUT2D eigenvalue weighted by atomic mass is 32.2. The number of methoxy groups -OCH3 is 2. The Labute approximate surface area is 237 Å². The number of anilines is 1. The molecule has 0 aliphatic carbocycles. The van der Waals surface area contributed by atoms with Crippen LogP contribution < -0.4 is 19.8 Å². The van der Waals surface area contributed by atoms with Gasteiger partial charge in [-0.05, 0) is 91.9 Å². The molecule has 10 nitrogen and oxygen atoms in total. The molecule has 0 unspecified atom stereocenters. The van der Waals surface area contributed by atoms with Gasteiger partial charge in [-0.3, -0.25) is 19.6 Å². The minimum Gasteiger partial charge on any atom is -0.497 e. The Morgan fingerprint density at radius 1 is 0.878 bits per heavy atom. The highest BCUT2D eigenvalue weighted by Crippen LogP contribution is 2.26. The van der Waals surface area contributed by atoms with Crippen LogP contribution >= 0.6 is 0 Å². The molecule has 208 valence electrons. The maximum atomic E-state index is 13.7. The Bertz CT molecular complexity index is 1840. The van der Waals surface area contributed by atoms with Crippen LogP contribution in [0.25, 0.3) is 16.9 Å². The van der Waals surface area contributed by atoms with E-state index in [-0.39, 0.29) is 16.3 Å². The number of H-pyrrole nitrogens is 1. The first kappa shape index (κ1) is 27.4. The maximum absolute atomic E-state index is 13.7. The van der Waals surface area contributed by atoms with Crippen LogP contribution in [0.4, 0.5) is 11.5 Å². The molecular formula is C30H27N5O5S. The van der Waals surface area contributed by atoms with Crippen molar-refractivity contribution in [3.8, 4) is 28.4 Å². The number of aliphatic imine (C=N–C) groups is 1. The van der Waals surface area contributed by atoms with Crippen LogP contribution in [0.1, 0.15) is 12.5 Å². The first-order valence-corrected chi connectivity index (χ1v) is 14.0. The van der Waals surface area contributed by atoms with E-state index in [1.54, 1.807) is 75.7 Å². The Morgan fingerprint density at radius 3 is 2.10 bits per heavy atom. The fourth-order valence-electron chi connectivity index (χ4n) is 4.22. The zero-order chi connectivity index (χ0) is 29.0. The summed E-state index contributed by atoms with van der Waals surface area (Å²) < 4.78 is 40.0. The van der Waals surface area contributed by atoms with E-state index in [0.29, 0.717) is 39.8 Å². The van der Waals surface area contributed by atoms with Crippen LogP contribution in [0.15, 0.2) is 112 Å². The van der Waals surface area contributed by atoms with Gasteiger partial charge in [-0.15, -0.1) is 0 Å². The molecule has 11 heteroatoms. The lowest BCUT2D eigenvalue weighted by atomic mass is 10.0. The van der Waals surface area contributed by atoms with Crippen molar-refractivity contribution in [2.24, 2.45) is 4.99 Å². The van der Waals surface area contributed by atoms with Crippen molar-refractivity contribution in [3.05, 3.63) is 113 Å². The highest BCUT2D eigenvalue weighted by Gasteiger charge is 2.20. The predicted octanol–water partition coefficient (Wildman–Crippen LogP) is 5.19. The van der Waals surface area contributed by atoms with Crippen LogP contribution in [0.2, 0.25) is 0 Å². The van der Waals surface area contributed by atoms with E-state index in [4.69, 9.17) is 9.47 Å². The zero-order valence-electron chi connectivity index (χ0n) is 22.5. The minimum absolute atomic E-state index is 0.0576. The molecule has 2 aromatic heterocycles. The van der Waals surface area contributed by atoms with Gasteiger partial charge < -0.3 is 9.47 Å².